The fourth-order valence-corrected chi connectivity index (χ4v) is 2.48. The summed E-state index contributed by atoms with van der Waals surface area (Å²) in [6.45, 7) is 4.03. The number of ketones is 1. The molecule has 0 amide bonds. The number of Topliss-reactive ketones (excluding diaryl/α,β-unsaturated/α-hetero) is 1. The summed E-state index contributed by atoms with van der Waals surface area (Å²) in [5.74, 6) is 0.435. The van der Waals surface area contributed by atoms with Gasteiger partial charge in [0.05, 0.1) is 0 Å². The molecule has 2 N–H and O–H groups in total. The zero-order chi connectivity index (χ0) is 11.7. The summed E-state index contributed by atoms with van der Waals surface area (Å²) in [4.78, 5) is 12.3. The molecule has 0 spiro atoms. The van der Waals surface area contributed by atoms with Gasteiger partial charge in [-0.05, 0) is 44.7 Å². The molecule has 1 saturated carbocycles. The van der Waals surface area contributed by atoms with Gasteiger partial charge in [-0.2, -0.15) is 0 Å². The topological polar surface area (TPSA) is 43.1 Å². The molecule has 1 aromatic rings. The first-order valence-corrected chi connectivity index (χ1v) is 5.95. The minimum Gasteiger partial charge on any atom is -0.328 e. The maximum atomic E-state index is 12.3. The lowest BCUT2D eigenvalue weighted by Gasteiger charge is -2.11. The van der Waals surface area contributed by atoms with E-state index in [4.69, 9.17) is 5.73 Å². The van der Waals surface area contributed by atoms with Crippen molar-refractivity contribution in [1.82, 2.24) is 0 Å². The van der Waals surface area contributed by atoms with E-state index in [1.54, 1.807) is 0 Å². The van der Waals surface area contributed by atoms with Gasteiger partial charge in [-0.15, -0.1) is 0 Å². The van der Waals surface area contributed by atoms with Crippen molar-refractivity contribution < 1.29 is 4.79 Å². The standard InChI is InChI=1S/C14H19NO/c1-9-3-4-10(2)13(7-9)14(16)11-5-6-12(15)8-11/h3-4,7,11-12H,5-6,8,15H2,1-2H3. The van der Waals surface area contributed by atoms with Gasteiger partial charge in [0, 0.05) is 17.5 Å². The molecule has 1 aliphatic rings. The lowest BCUT2D eigenvalue weighted by atomic mass is 9.92. The normalized spacial score (nSPS) is 24.7. The van der Waals surface area contributed by atoms with Crippen molar-refractivity contribution in [1.29, 1.82) is 0 Å². The minimum atomic E-state index is 0.149. The third kappa shape index (κ3) is 2.17. The van der Waals surface area contributed by atoms with E-state index in [-0.39, 0.29) is 17.7 Å². The van der Waals surface area contributed by atoms with Crippen LogP contribution in [0.1, 0.15) is 40.7 Å². The van der Waals surface area contributed by atoms with Gasteiger partial charge in [-0.3, -0.25) is 4.79 Å². The molecular formula is C14H19NO. The van der Waals surface area contributed by atoms with Crippen molar-refractivity contribution in [3.8, 4) is 0 Å². The predicted molar refractivity (Wildman–Crippen MR) is 65.6 cm³/mol. The average molecular weight is 217 g/mol. The van der Waals surface area contributed by atoms with Gasteiger partial charge >= 0.3 is 0 Å². The third-order valence-corrected chi connectivity index (χ3v) is 3.50. The molecule has 0 bridgehead atoms. The van der Waals surface area contributed by atoms with Gasteiger partial charge in [0.2, 0.25) is 0 Å². The van der Waals surface area contributed by atoms with E-state index in [1.165, 1.54) is 0 Å². The Kier molecular flexibility index (Phi) is 3.10. The summed E-state index contributed by atoms with van der Waals surface area (Å²) in [6, 6.07) is 6.30. The lowest BCUT2D eigenvalue weighted by molar-refractivity contribution is 0.0921. The molecule has 0 heterocycles. The highest BCUT2D eigenvalue weighted by Gasteiger charge is 2.29. The molecule has 2 nitrogen and oxygen atoms in total. The Balaban J connectivity index is 2.23. The number of carbonyl (C=O) groups excluding carboxylic acids is 1. The van der Waals surface area contributed by atoms with Crippen molar-refractivity contribution in [3.63, 3.8) is 0 Å². The third-order valence-electron chi connectivity index (χ3n) is 3.50. The van der Waals surface area contributed by atoms with Gasteiger partial charge in [0.1, 0.15) is 0 Å². The van der Waals surface area contributed by atoms with Crippen LogP contribution in [0.4, 0.5) is 0 Å². The molecule has 86 valence electrons. The van der Waals surface area contributed by atoms with Crippen molar-refractivity contribution in [2.24, 2.45) is 11.7 Å². The zero-order valence-electron chi connectivity index (χ0n) is 9.99. The Morgan fingerprint density at radius 3 is 2.69 bits per heavy atom. The summed E-state index contributed by atoms with van der Waals surface area (Å²) >= 11 is 0. The first-order chi connectivity index (χ1) is 7.58. The number of hydrogen-bond donors (Lipinski definition) is 1. The monoisotopic (exact) mass is 217 g/mol. The molecule has 2 atom stereocenters. The number of benzene rings is 1. The number of carbonyl (C=O) groups is 1. The van der Waals surface area contributed by atoms with E-state index in [1.807, 2.05) is 32.0 Å². The molecule has 0 saturated heterocycles. The Labute approximate surface area is 96.8 Å². The van der Waals surface area contributed by atoms with Crippen LogP contribution in [0.2, 0.25) is 0 Å². The van der Waals surface area contributed by atoms with Crippen molar-refractivity contribution >= 4 is 5.78 Å². The van der Waals surface area contributed by atoms with Crippen LogP contribution in [0.5, 0.6) is 0 Å². The molecule has 2 rings (SSSR count). The Hall–Kier alpha value is -1.15. The van der Waals surface area contributed by atoms with Gasteiger partial charge < -0.3 is 5.73 Å². The van der Waals surface area contributed by atoms with Gasteiger partial charge in [-0.1, -0.05) is 17.7 Å². The quantitative estimate of drug-likeness (QED) is 0.774. The van der Waals surface area contributed by atoms with Crippen molar-refractivity contribution in [2.45, 2.75) is 39.2 Å². The average Bonchev–Trinajstić information content (AvgIpc) is 2.67. The first-order valence-electron chi connectivity index (χ1n) is 5.95. The zero-order valence-corrected chi connectivity index (χ0v) is 9.99. The molecule has 2 heteroatoms. The summed E-state index contributed by atoms with van der Waals surface area (Å²) < 4.78 is 0. The maximum absolute atomic E-state index is 12.3. The van der Waals surface area contributed by atoms with E-state index >= 15 is 0 Å². The first kappa shape index (κ1) is 11.3. The molecule has 0 radical (unpaired) electrons. The highest BCUT2D eigenvalue weighted by atomic mass is 16.1. The van der Waals surface area contributed by atoms with Gasteiger partial charge in [0.15, 0.2) is 5.78 Å². The largest absolute Gasteiger partial charge is 0.328 e. The molecule has 2 unspecified atom stereocenters. The fraction of sp³-hybridized carbons (Fsp3) is 0.500. The molecule has 0 aromatic heterocycles. The molecule has 1 aromatic carbocycles. The number of nitrogens with two attached hydrogens (primary N) is 1. The Morgan fingerprint density at radius 1 is 1.31 bits per heavy atom. The van der Waals surface area contributed by atoms with Crippen LogP contribution < -0.4 is 5.73 Å². The number of aryl methyl sites for hydroxylation is 2. The second-order valence-electron chi connectivity index (χ2n) is 4.95. The summed E-state index contributed by atoms with van der Waals surface area (Å²) in [5, 5.41) is 0. The highest BCUT2D eigenvalue weighted by Crippen LogP contribution is 2.28. The summed E-state index contributed by atoms with van der Waals surface area (Å²) in [5.41, 5.74) is 8.97. The SMILES string of the molecule is Cc1ccc(C)c(C(=O)C2CCC(N)C2)c1. The fourth-order valence-electron chi connectivity index (χ4n) is 2.48. The van der Waals surface area contributed by atoms with Crippen LogP contribution in [0.25, 0.3) is 0 Å². The van der Waals surface area contributed by atoms with Crippen LogP contribution >= 0.6 is 0 Å². The van der Waals surface area contributed by atoms with E-state index in [0.717, 1.165) is 36.0 Å². The molecule has 1 fully saturated rings. The van der Waals surface area contributed by atoms with E-state index in [9.17, 15) is 4.79 Å². The second kappa shape index (κ2) is 4.38. The predicted octanol–water partition coefficient (Wildman–Crippen LogP) is 2.61. The molecule has 1 aliphatic carbocycles. The summed E-state index contributed by atoms with van der Waals surface area (Å²) in [6.07, 6.45) is 2.79. The van der Waals surface area contributed by atoms with Crippen LogP contribution in [-0.2, 0) is 0 Å². The van der Waals surface area contributed by atoms with Crippen molar-refractivity contribution in [3.05, 3.63) is 34.9 Å². The molecular weight excluding hydrogens is 198 g/mol. The number of rotatable bonds is 2. The van der Waals surface area contributed by atoms with E-state index in [0.29, 0.717) is 0 Å². The van der Waals surface area contributed by atoms with Crippen LogP contribution in [0, 0.1) is 19.8 Å². The Bertz CT molecular complexity index is 411. The Morgan fingerprint density at radius 2 is 2.06 bits per heavy atom. The highest BCUT2D eigenvalue weighted by molar-refractivity contribution is 5.99. The van der Waals surface area contributed by atoms with Gasteiger partial charge in [-0.25, -0.2) is 0 Å². The number of hydrogen-bond acceptors (Lipinski definition) is 2. The van der Waals surface area contributed by atoms with Crippen LogP contribution in [-0.4, -0.2) is 11.8 Å². The molecule has 0 aliphatic heterocycles. The van der Waals surface area contributed by atoms with Crippen LogP contribution in [0.3, 0.4) is 0 Å². The maximum Gasteiger partial charge on any atom is 0.166 e. The molecule has 16 heavy (non-hydrogen) atoms. The summed E-state index contributed by atoms with van der Waals surface area (Å²) in [7, 11) is 0. The van der Waals surface area contributed by atoms with E-state index in [2.05, 4.69) is 0 Å². The van der Waals surface area contributed by atoms with E-state index < -0.39 is 0 Å². The minimum absolute atomic E-state index is 0.149. The lowest BCUT2D eigenvalue weighted by Crippen LogP contribution is -2.18. The smallest absolute Gasteiger partial charge is 0.166 e. The second-order valence-corrected chi connectivity index (χ2v) is 4.95. The van der Waals surface area contributed by atoms with Gasteiger partial charge in [0.25, 0.3) is 0 Å². The van der Waals surface area contributed by atoms with Crippen LogP contribution in [0.15, 0.2) is 18.2 Å². The van der Waals surface area contributed by atoms with Crippen molar-refractivity contribution in [2.75, 3.05) is 0 Å².